The van der Waals surface area contributed by atoms with Crippen LogP contribution < -0.4 is 5.32 Å². The van der Waals surface area contributed by atoms with E-state index < -0.39 is 0 Å². The molecule has 1 aliphatic rings. The Labute approximate surface area is 98.9 Å². The third-order valence-corrected chi connectivity index (χ3v) is 2.51. The molecule has 16 heavy (non-hydrogen) atoms. The topological polar surface area (TPSA) is 27.6 Å². The van der Waals surface area contributed by atoms with Crippen LogP contribution in [0.1, 0.15) is 13.8 Å². The zero-order valence-electron chi connectivity index (χ0n) is 10.5. The highest BCUT2D eigenvalue weighted by atomic mass is 15.2. The molecular weight excluding hydrogens is 198 g/mol. The van der Waals surface area contributed by atoms with E-state index in [1.54, 1.807) is 0 Å². The first-order chi connectivity index (χ1) is 7.68. The summed E-state index contributed by atoms with van der Waals surface area (Å²) in [6, 6.07) is 0. The second-order valence-electron chi connectivity index (χ2n) is 4.49. The van der Waals surface area contributed by atoms with E-state index in [2.05, 4.69) is 34.8 Å². The van der Waals surface area contributed by atoms with Gasteiger partial charge in [-0.3, -0.25) is 9.89 Å². The van der Waals surface area contributed by atoms with Gasteiger partial charge in [0.25, 0.3) is 0 Å². The molecule has 0 aromatic carbocycles. The summed E-state index contributed by atoms with van der Waals surface area (Å²) in [5, 5.41) is 3.36. The molecule has 1 heterocycles. The second kappa shape index (κ2) is 7.36. The van der Waals surface area contributed by atoms with Crippen molar-refractivity contribution in [1.82, 2.24) is 10.2 Å². The molecule has 0 unspecified atom stereocenters. The predicted octanol–water partition coefficient (Wildman–Crippen LogP) is 1.48. The van der Waals surface area contributed by atoms with E-state index in [4.69, 9.17) is 0 Å². The Morgan fingerprint density at radius 2 is 2.06 bits per heavy atom. The number of allylic oxidation sites excluding steroid dienone is 1. The molecule has 0 spiro atoms. The Balaban J connectivity index is 2.26. The lowest BCUT2D eigenvalue weighted by Crippen LogP contribution is -2.43. The molecule has 0 bridgehead atoms. The highest BCUT2D eigenvalue weighted by molar-refractivity contribution is 5.72. The second-order valence-corrected chi connectivity index (χ2v) is 4.49. The molecule has 1 N–H and O–H groups in total. The standard InChI is InChI=1S/C13H23N3/c1-12(2)10-15-5-4-13(3)11-16-8-6-14-7-9-16/h4-5,14H,1,6-11H2,2-3H3/b13-4+,15-5?. The molecule has 0 radical (unpaired) electrons. The Bertz CT molecular complexity index is 273. The molecule has 0 atom stereocenters. The molecule has 1 fully saturated rings. The summed E-state index contributed by atoms with van der Waals surface area (Å²) in [6.07, 6.45) is 4.00. The molecule has 0 aliphatic carbocycles. The van der Waals surface area contributed by atoms with E-state index in [1.165, 1.54) is 5.57 Å². The van der Waals surface area contributed by atoms with Crippen LogP contribution >= 0.6 is 0 Å². The summed E-state index contributed by atoms with van der Waals surface area (Å²) in [5.41, 5.74) is 2.47. The first-order valence-corrected chi connectivity index (χ1v) is 5.91. The van der Waals surface area contributed by atoms with Crippen molar-refractivity contribution in [2.24, 2.45) is 4.99 Å². The van der Waals surface area contributed by atoms with Crippen LogP contribution in [-0.4, -0.2) is 50.4 Å². The van der Waals surface area contributed by atoms with E-state index in [0.29, 0.717) is 0 Å². The number of nitrogens with one attached hydrogen (secondary N) is 1. The van der Waals surface area contributed by atoms with Crippen LogP contribution in [0.25, 0.3) is 0 Å². The fraction of sp³-hybridized carbons (Fsp3) is 0.615. The molecule has 1 saturated heterocycles. The average molecular weight is 221 g/mol. The minimum atomic E-state index is 0.734. The molecule has 1 aliphatic heterocycles. The lowest BCUT2D eigenvalue weighted by molar-refractivity contribution is 0.259. The van der Waals surface area contributed by atoms with Gasteiger partial charge in [0, 0.05) is 38.9 Å². The number of aliphatic imine (C=N–C) groups is 1. The maximum Gasteiger partial charge on any atom is 0.0594 e. The van der Waals surface area contributed by atoms with Crippen LogP contribution in [0.5, 0.6) is 0 Å². The van der Waals surface area contributed by atoms with Gasteiger partial charge in [-0.05, 0) is 19.9 Å². The Morgan fingerprint density at radius 1 is 1.38 bits per heavy atom. The van der Waals surface area contributed by atoms with Gasteiger partial charge in [0.15, 0.2) is 0 Å². The fourth-order valence-corrected chi connectivity index (χ4v) is 1.66. The Hall–Kier alpha value is -0.930. The summed E-state index contributed by atoms with van der Waals surface area (Å²) in [6.45, 7) is 14.3. The molecule has 0 amide bonds. The fourth-order valence-electron chi connectivity index (χ4n) is 1.66. The van der Waals surface area contributed by atoms with Gasteiger partial charge in [0.05, 0.1) is 6.54 Å². The van der Waals surface area contributed by atoms with Crippen LogP contribution in [0.15, 0.2) is 28.8 Å². The molecule has 0 saturated carbocycles. The number of hydrogen-bond donors (Lipinski definition) is 1. The third-order valence-electron chi connectivity index (χ3n) is 2.51. The van der Waals surface area contributed by atoms with Gasteiger partial charge in [-0.1, -0.05) is 17.7 Å². The van der Waals surface area contributed by atoms with Crippen LogP contribution in [0.2, 0.25) is 0 Å². The molecule has 0 aromatic heterocycles. The molecule has 3 nitrogen and oxygen atoms in total. The van der Waals surface area contributed by atoms with Crippen LogP contribution in [-0.2, 0) is 0 Å². The minimum Gasteiger partial charge on any atom is -0.314 e. The van der Waals surface area contributed by atoms with Crippen molar-refractivity contribution in [1.29, 1.82) is 0 Å². The summed E-state index contributed by atoms with van der Waals surface area (Å²) in [5.74, 6) is 0. The van der Waals surface area contributed by atoms with Gasteiger partial charge in [0.2, 0.25) is 0 Å². The number of hydrogen-bond acceptors (Lipinski definition) is 3. The maximum absolute atomic E-state index is 4.27. The van der Waals surface area contributed by atoms with Gasteiger partial charge in [-0.2, -0.15) is 0 Å². The van der Waals surface area contributed by atoms with Crippen molar-refractivity contribution in [3.05, 3.63) is 23.8 Å². The molecule has 1 rings (SSSR count). The molecule has 0 aromatic rings. The molecule has 90 valence electrons. The smallest absolute Gasteiger partial charge is 0.0594 e. The van der Waals surface area contributed by atoms with Gasteiger partial charge >= 0.3 is 0 Å². The van der Waals surface area contributed by atoms with Crippen molar-refractivity contribution in [2.45, 2.75) is 13.8 Å². The van der Waals surface area contributed by atoms with E-state index >= 15 is 0 Å². The van der Waals surface area contributed by atoms with Crippen molar-refractivity contribution in [3.8, 4) is 0 Å². The number of piperazine rings is 1. The quantitative estimate of drug-likeness (QED) is 0.562. The Kier molecular flexibility index (Phi) is 6.04. The largest absolute Gasteiger partial charge is 0.314 e. The van der Waals surface area contributed by atoms with E-state index in [-0.39, 0.29) is 0 Å². The lowest BCUT2D eigenvalue weighted by atomic mass is 10.2. The van der Waals surface area contributed by atoms with E-state index in [1.807, 2.05) is 13.1 Å². The first kappa shape index (κ1) is 13.1. The summed E-state index contributed by atoms with van der Waals surface area (Å²) < 4.78 is 0. The Morgan fingerprint density at radius 3 is 2.69 bits per heavy atom. The number of rotatable bonds is 5. The zero-order valence-corrected chi connectivity index (χ0v) is 10.5. The monoisotopic (exact) mass is 221 g/mol. The van der Waals surface area contributed by atoms with Gasteiger partial charge in [-0.25, -0.2) is 0 Å². The maximum atomic E-state index is 4.27. The van der Waals surface area contributed by atoms with Crippen molar-refractivity contribution >= 4 is 6.21 Å². The van der Waals surface area contributed by atoms with Gasteiger partial charge in [0.1, 0.15) is 0 Å². The number of nitrogens with zero attached hydrogens (tertiary/aromatic N) is 2. The SMILES string of the molecule is C=C(C)CN=C/C=C(\C)CN1CCNCC1. The first-order valence-electron chi connectivity index (χ1n) is 5.91. The highest BCUT2D eigenvalue weighted by Crippen LogP contribution is 1.99. The van der Waals surface area contributed by atoms with Crippen molar-refractivity contribution < 1.29 is 0 Å². The highest BCUT2D eigenvalue weighted by Gasteiger charge is 2.08. The van der Waals surface area contributed by atoms with Crippen LogP contribution in [0.3, 0.4) is 0 Å². The van der Waals surface area contributed by atoms with E-state index in [9.17, 15) is 0 Å². The van der Waals surface area contributed by atoms with Crippen molar-refractivity contribution in [3.63, 3.8) is 0 Å². The van der Waals surface area contributed by atoms with E-state index in [0.717, 1.165) is 44.8 Å². The lowest BCUT2D eigenvalue weighted by Gasteiger charge is -2.27. The van der Waals surface area contributed by atoms with Crippen LogP contribution in [0.4, 0.5) is 0 Å². The summed E-state index contributed by atoms with van der Waals surface area (Å²) in [4.78, 5) is 6.74. The summed E-state index contributed by atoms with van der Waals surface area (Å²) >= 11 is 0. The predicted molar refractivity (Wildman–Crippen MR) is 71.2 cm³/mol. The van der Waals surface area contributed by atoms with Gasteiger partial charge in [-0.15, -0.1) is 0 Å². The zero-order chi connectivity index (χ0) is 11.8. The van der Waals surface area contributed by atoms with Crippen LogP contribution in [0, 0.1) is 0 Å². The van der Waals surface area contributed by atoms with Gasteiger partial charge < -0.3 is 5.32 Å². The average Bonchev–Trinajstić information content (AvgIpc) is 2.25. The third kappa shape index (κ3) is 5.83. The minimum absolute atomic E-state index is 0.734. The molecular formula is C13H23N3. The van der Waals surface area contributed by atoms with Crippen molar-refractivity contribution in [2.75, 3.05) is 39.3 Å². The normalized spacial score (nSPS) is 19.2. The summed E-state index contributed by atoms with van der Waals surface area (Å²) in [7, 11) is 0. The molecule has 3 heteroatoms.